The molecule has 1 fully saturated rings. The summed E-state index contributed by atoms with van der Waals surface area (Å²) in [6, 6.07) is 12.8. The van der Waals surface area contributed by atoms with Crippen LogP contribution in [-0.4, -0.2) is 88.2 Å². The molecule has 1 saturated heterocycles. The van der Waals surface area contributed by atoms with Gasteiger partial charge in [-0.3, -0.25) is 19.2 Å². The quantitative estimate of drug-likeness (QED) is 0.303. The Balaban J connectivity index is 1.22. The third-order valence-corrected chi connectivity index (χ3v) is 8.83. The molecule has 4 amide bonds. The maximum Gasteiger partial charge on any atom is 0.246 e. The van der Waals surface area contributed by atoms with Crippen molar-refractivity contribution >= 4 is 46.9 Å². The molecule has 2 atom stereocenters. The number of aromatic nitrogens is 2. The number of halogens is 1. The molecule has 3 aromatic rings. The van der Waals surface area contributed by atoms with Crippen LogP contribution in [0.1, 0.15) is 36.0 Å². The van der Waals surface area contributed by atoms with E-state index in [2.05, 4.69) is 20.6 Å². The number of aryl methyl sites for hydroxylation is 1. The van der Waals surface area contributed by atoms with Gasteiger partial charge < -0.3 is 31.1 Å². The van der Waals surface area contributed by atoms with Crippen LogP contribution in [0.15, 0.2) is 60.9 Å². The number of benzene rings is 2. The largest absolute Gasteiger partial charge is 0.342 e. The maximum absolute atomic E-state index is 13.8. The fourth-order valence-corrected chi connectivity index (χ4v) is 5.92. The van der Waals surface area contributed by atoms with E-state index in [-0.39, 0.29) is 44.2 Å². The van der Waals surface area contributed by atoms with Crippen LogP contribution < -0.4 is 21.3 Å². The first-order chi connectivity index (χ1) is 22.2. The molecule has 2 aliphatic rings. The van der Waals surface area contributed by atoms with Crippen LogP contribution in [0.4, 0.5) is 11.6 Å². The number of fused-ring (bicyclic) bond motifs is 1. The van der Waals surface area contributed by atoms with Gasteiger partial charge in [0.25, 0.3) is 0 Å². The number of amides is 4. The lowest BCUT2D eigenvalue weighted by atomic mass is 9.92. The second kappa shape index (κ2) is 15.2. The first kappa shape index (κ1) is 32.8. The van der Waals surface area contributed by atoms with Crippen LogP contribution in [-0.2, 0) is 32.1 Å². The smallest absolute Gasteiger partial charge is 0.246 e. The Morgan fingerprint density at radius 2 is 1.65 bits per heavy atom. The first-order valence-corrected chi connectivity index (χ1v) is 15.8. The lowest BCUT2D eigenvalue weighted by molar-refractivity contribution is -0.144. The molecule has 0 aliphatic carbocycles. The van der Waals surface area contributed by atoms with Gasteiger partial charge in [0.1, 0.15) is 12.1 Å². The van der Waals surface area contributed by atoms with Gasteiger partial charge in [0, 0.05) is 75.1 Å². The van der Waals surface area contributed by atoms with Crippen molar-refractivity contribution in [1.82, 2.24) is 25.1 Å². The summed E-state index contributed by atoms with van der Waals surface area (Å²) in [5.74, 6) is -0.646. The van der Waals surface area contributed by atoms with Gasteiger partial charge >= 0.3 is 0 Å². The number of nitrogens with two attached hydrogens (primary N) is 1. The number of hydrogen-bond donors (Lipinski definition) is 3. The van der Waals surface area contributed by atoms with Gasteiger partial charge in [0.2, 0.25) is 29.6 Å². The molecular weight excluding hydrogens is 608 g/mol. The summed E-state index contributed by atoms with van der Waals surface area (Å²) in [5, 5.41) is 6.25. The molecule has 5 rings (SSSR count). The molecular formula is C33H39ClN8O4. The highest BCUT2D eigenvalue weighted by atomic mass is 35.5. The zero-order valence-corrected chi connectivity index (χ0v) is 26.6. The summed E-state index contributed by atoms with van der Waals surface area (Å²) < 4.78 is 0. The van der Waals surface area contributed by atoms with E-state index in [1.807, 2.05) is 36.1 Å². The van der Waals surface area contributed by atoms with E-state index >= 15 is 0 Å². The number of nitrogens with one attached hydrogen (secondary N) is 2. The molecule has 0 bridgehead atoms. The summed E-state index contributed by atoms with van der Waals surface area (Å²) in [5.41, 5.74) is 9.06. The van der Waals surface area contributed by atoms with E-state index < -0.39 is 23.9 Å². The first-order valence-electron chi connectivity index (χ1n) is 15.5. The van der Waals surface area contributed by atoms with Gasteiger partial charge in [-0.05, 0) is 60.8 Å². The van der Waals surface area contributed by atoms with Crippen LogP contribution in [0.2, 0.25) is 5.02 Å². The van der Waals surface area contributed by atoms with E-state index in [4.69, 9.17) is 17.3 Å². The van der Waals surface area contributed by atoms with Crippen molar-refractivity contribution in [2.75, 3.05) is 42.9 Å². The Hall–Kier alpha value is -4.55. The summed E-state index contributed by atoms with van der Waals surface area (Å²) in [6.07, 6.45) is 3.87. The van der Waals surface area contributed by atoms with E-state index in [9.17, 15) is 19.2 Å². The van der Waals surface area contributed by atoms with Gasteiger partial charge in [-0.1, -0.05) is 35.9 Å². The van der Waals surface area contributed by atoms with Crippen molar-refractivity contribution in [3.8, 4) is 0 Å². The number of rotatable bonds is 10. The molecule has 3 heterocycles. The summed E-state index contributed by atoms with van der Waals surface area (Å²) in [4.78, 5) is 67.6. The molecule has 46 heavy (non-hydrogen) atoms. The van der Waals surface area contributed by atoms with Crippen molar-refractivity contribution in [2.45, 2.75) is 51.2 Å². The number of hydrogen-bond acceptors (Lipinski definition) is 8. The Bertz CT molecular complexity index is 1560. The van der Waals surface area contributed by atoms with Crippen LogP contribution in [0.5, 0.6) is 0 Å². The van der Waals surface area contributed by atoms with E-state index in [1.165, 1.54) is 4.90 Å². The second-order valence-electron chi connectivity index (χ2n) is 11.5. The molecule has 4 N–H and O–H groups in total. The summed E-state index contributed by atoms with van der Waals surface area (Å²) in [7, 11) is 0. The predicted octanol–water partition coefficient (Wildman–Crippen LogP) is 2.29. The molecule has 13 heteroatoms. The minimum Gasteiger partial charge on any atom is -0.342 e. The van der Waals surface area contributed by atoms with Crippen molar-refractivity contribution in [3.63, 3.8) is 0 Å². The Kier molecular flexibility index (Phi) is 10.8. The summed E-state index contributed by atoms with van der Waals surface area (Å²) >= 11 is 6.12. The van der Waals surface area contributed by atoms with Crippen molar-refractivity contribution < 1.29 is 19.2 Å². The Morgan fingerprint density at radius 3 is 2.35 bits per heavy atom. The number of carbonyl (C=O) groups is 4. The molecule has 1 aromatic heterocycles. The minimum absolute atomic E-state index is 0.0323. The lowest BCUT2D eigenvalue weighted by Gasteiger charge is -2.37. The van der Waals surface area contributed by atoms with Gasteiger partial charge in [-0.25, -0.2) is 9.97 Å². The second-order valence-corrected chi connectivity index (χ2v) is 11.9. The zero-order chi connectivity index (χ0) is 32.6. The highest BCUT2D eigenvalue weighted by molar-refractivity contribution is 6.31. The average Bonchev–Trinajstić information content (AvgIpc) is 3.08. The number of piperazine rings is 1. The minimum atomic E-state index is -0.913. The molecule has 2 aliphatic heterocycles. The third-order valence-electron chi connectivity index (χ3n) is 8.41. The van der Waals surface area contributed by atoms with Crippen LogP contribution in [0.3, 0.4) is 0 Å². The maximum atomic E-state index is 13.8. The monoisotopic (exact) mass is 646 g/mol. The van der Waals surface area contributed by atoms with Gasteiger partial charge in [-0.15, -0.1) is 0 Å². The Morgan fingerprint density at radius 1 is 0.957 bits per heavy atom. The van der Waals surface area contributed by atoms with Crippen molar-refractivity contribution in [2.24, 2.45) is 5.73 Å². The molecule has 0 saturated carbocycles. The van der Waals surface area contributed by atoms with Crippen LogP contribution in [0.25, 0.3) is 0 Å². The number of carbonyl (C=O) groups excluding carboxylic acids is 4. The highest BCUT2D eigenvalue weighted by Crippen LogP contribution is 2.25. The molecule has 2 aromatic carbocycles. The molecule has 12 nitrogen and oxygen atoms in total. The van der Waals surface area contributed by atoms with Crippen molar-refractivity contribution in [1.29, 1.82) is 0 Å². The predicted molar refractivity (Wildman–Crippen MR) is 175 cm³/mol. The fourth-order valence-electron chi connectivity index (χ4n) is 5.80. The summed E-state index contributed by atoms with van der Waals surface area (Å²) in [6.45, 7) is 4.45. The molecule has 0 radical (unpaired) electrons. The van der Waals surface area contributed by atoms with Crippen molar-refractivity contribution in [3.05, 3.63) is 82.6 Å². The van der Waals surface area contributed by atoms with E-state index in [0.29, 0.717) is 49.3 Å². The standard InChI is InChI=1S/C33H39ClN8O4/c1-22-19-25(7-8-26(22)34)38-31(45)27(11-12-35)39-32(46)28-20-23-5-2-3-6-24(23)21-42(28)30(44)10-9-29(43)40-15-17-41(18-16-40)33-36-13-4-14-37-33/h2-8,13-14,19,27-28H,9-12,15-18,20-21,35H2,1H3,(H,38,45)(H,39,46)/t27-,28-/m0/s1. The van der Waals surface area contributed by atoms with E-state index in [1.54, 1.807) is 41.6 Å². The number of nitrogens with zero attached hydrogens (tertiary/aromatic N) is 5. The fraction of sp³-hybridized carbons (Fsp3) is 0.394. The topological polar surface area (TPSA) is 154 Å². The average molecular weight is 647 g/mol. The normalized spacial score (nSPS) is 16.8. The van der Waals surface area contributed by atoms with E-state index in [0.717, 1.165) is 16.7 Å². The van der Waals surface area contributed by atoms with Gasteiger partial charge in [-0.2, -0.15) is 0 Å². The Labute approximate surface area is 273 Å². The molecule has 0 unspecified atom stereocenters. The van der Waals surface area contributed by atoms with Crippen LogP contribution in [0, 0.1) is 6.92 Å². The molecule has 242 valence electrons. The van der Waals surface area contributed by atoms with Crippen LogP contribution >= 0.6 is 11.6 Å². The number of anilines is 2. The zero-order valence-electron chi connectivity index (χ0n) is 25.8. The molecule has 0 spiro atoms. The third kappa shape index (κ3) is 7.99. The van der Waals surface area contributed by atoms with Gasteiger partial charge in [0.05, 0.1) is 0 Å². The SMILES string of the molecule is Cc1cc(NC(=O)[C@H](CCN)NC(=O)[C@@H]2Cc3ccccc3CN2C(=O)CCC(=O)N2CCN(c3ncccn3)CC2)ccc1Cl. The lowest BCUT2D eigenvalue weighted by Crippen LogP contribution is -2.56. The highest BCUT2D eigenvalue weighted by Gasteiger charge is 2.36. The van der Waals surface area contributed by atoms with Gasteiger partial charge in [0.15, 0.2) is 0 Å².